The minimum absolute atomic E-state index is 0.0625. The molecule has 0 saturated carbocycles. The van der Waals surface area contributed by atoms with Gasteiger partial charge in [-0.15, -0.1) is 11.6 Å². The molecule has 0 aliphatic carbocycles. The second kappa shape index (κ2) is 5.60. The van der Waals surface area contributed by atoms with Gasteiger partial charge in [0.05, 0.1) is 18.1 Å². The van der Waals surface area contributed by atoms with Gasteiger partial charge in [-0.2, -0.15) is 5.26 Å². The van der Waals surface area contributed by atoms with E-state index in [-0.39, 0.29) is 28.1 Å². The van der Waals surface area contributed by atoms with Gasteiger partial charge in [-0.05, 0) is 23.3 Å². The van der Waals surface area contributed by atoms with Crippen molar-refractivity contribution in [1.82, 2.24) is 0 Å². The van der Waals surface area contributed by atoms with Gasteiger partial charge in [0.2, 0.25) is 0 Å². The lowest BCUT2D eigenvalue weighted by atomic mass is 9.98. The van der Waals surface area contributed by atoms with Crippen LogP contribution in [0.1, 0.15) is 28.7 Å². The van der Waals surface area contributed by atoms with E-state index in [9.17, 15) is 13.6 Å². The Morgan fingerprint density at radius 1 is 1.47 bits per heavy atom. The van der Waals surface area contributed by atoms with Crippen molar-refractivity contribution in [3.8, 4) is 6.07 Å². The van der Waals surface area contributed by atoms with Gasteiger partial charge >= 0.3 is 5.97 Å². The van der Waals surface area contributed by atoms with Gasteiger partial charge in [0.25, 0.3) is 6.43 Å². The molecular formula is C11H8ClF2NO2. The van der Waals surface area contributed by atoms with Gasteiger partial charge in [-0.1, -0.05) is 0 Å². The van der Waals surface area contributed by atoms with Crippen LogP contribution in [-0.2, 0) is 17.1 Å². The fraction of sp³-hybridized carbons (Fsp3) is 0.273. The van der Waals surface area contributed by atoms with Crippen molar-refractivity contribution >= 4 is 17.6 Å². The number of aliphatic carboxylic acids is 1. The highest BCUT2D eigenvalue weighted by Crippen LogP contribution is 2.27. The lowest BCUT2D eigenvalue weighted by Crippen LogP contribution is -2.05. The predicted molar refractivity (Wildman–Crippen MR) is 57.0 cm³/mol. The number of hydrogen-bond acceptors (Lipinski definition) is 2. The van der Waals surface area contributed by atoms with Gasteiger partial charge in [-0.3, -0.25) is 4.79 Å². The molecule has 0 aliphatic heterocycles. The topological polar surface area (TPSA) is 61.1 Å². The zero-order chi connectivity index (χ0) is 13.0. The van der Waals surface area contributed by atoms with Gasteiger partial charge in [0.15, 0.2) is 0 Å². The molecule has 0 heterocycles. The van der Waals surface area contributed by atoms with Gasteiger partial charge < -0.3 is 5.11 Å². The van der Waals surface area contributed by atoms with Crippen LogP contribution in [0.4, 0.5) is 8.78 Å². The first-order valence-electron chi connectivity index (χ1n) is 4.61. The van der Waals surface area contributed by atoms with E-state index in [0.717, 1.165) is 6.07 Å². The van der Waals surface area contributed by atoms with E-state index < -0.39 is 18.8 Å². The van der Waals surface area contributed by atoms with E-state index in [1.54, 1.807) is 6.07 Å². The Morgan fingerprint density at radius 2 is 2.12 bits per heavy atom. The largest absolute Gasteiger partial charge is 0.481 e. The number of carboxylic acid groups (broad SMARTS) is 1. The second-order valence-electron chi connectivity index (χ2n) is 3.32. The summed E-state index contributed by atoms with van der Waals surface area (Å²) in [7, 11) is 0. The molecule has 90 valence electrons. The van der Waals surface area contributed by atoms with E-state index in [4.69, 9.17) is 22.0 Å². The third-order valence-corrected chi connectivity index (χ3v) is 2.49. The molecule has 0 atom stereocenters. The minimum Gasteiger partial charge on any atom is -0.481 e. The monoisotopic (exact) mass is 259 g/mol. The Labute approximate surface area is 101 Å². The number of rotatable bonds is 4. The van der Waals surface area contributed by atoms with Crippen molar-refractivity contribution < 1.29 is 18.7 Å². The highest BCUT2D eigenvalue weighted by Gasteiger charge is 2.17. The van der Waals surface area contributed by atoms with E-state index in [2.05, 4.69) is 0 Å². The molecular weight excluding hydrogens is 252 g/mol. The van der Waals surface area contributed by atoms with Crippen LogP contribution in [0.15, 0.2) is 12.1 Å². The molecule has 0 fully saturated rings. The number of benzene rings is 1. The average Bonchev–Trinajstić information content (AvgIpc) is 2.27. The molecule has 1 aromatic rings. The molecule has 6 heteroatoms. The molecule has 0 spiro atoms. The minimum atomic E-state index is -2.75. The number of nitrogens with zero attached hydrogens (tertiary/aromatic N) is 1. The number of carbonyl (C=O) groups is 1. The Morgan fingerprint density at radius 3 is 2.53 bits per heavy atom. The summed E-state index contributed by atoms with van der Waals surface area (Å²) >= 11 is 5.50. The van der Waals surface area contributed by atoms with Crippen LogP contribution < -0.4 is 0 Å². The molecule has 17 heavy (non-hydrogen) atoms. The smallest absolute Gasteiger partial charge is 0.307 e. The number of halogens is 3. The van der Waals surface area contributed by atoms with Crippen molar-refractivity contribution in [3.63, 3.8) is 0 Å². The Bertz CT molecular complexity index is 483. The Balaban J connectivity index is 3.34. The summed E-state index contributed by atoms with van der Waals surface area (Å²) in [5, 5.41) is 17.4. The van der Waals surface area contributed by atoms with Crippen LogP contribution in [0.5, 0.6) is 0 Å². The summed E-state index contributed by atoms with van der Waals surface area (Å²) < 4.78 is 25.4. The van der Waals surface area contributed by atoms with Crippen LogP contribution in [-0.4, -0.2) is 11.1 Å². The van der Waals surface area contributed by atoms with Crippen molar-refractivity contribution in [3.05, 3.63) is 34.4 Å². The maximum Gasteiger partial charge on any atom is 0.307 e. The van der Waals surface area contributed by atoms with Gasteiger partial charge in [0.1, 0.15) is 0 Å². The van der Waals surface area contributed by atoms with Crippen LogP contribution in [0.2, 0.25) is 0 Å². The molecule has 1 rings (SSSR count). The van der Waals surface area contributed by atoms with E-state index in [1.165, 1.54) is 6.07 Å². The van der Waals surface area contributed by atoms with Crippen molar-refractivity contribution in [2.75, 3.05) is 0 Å². The molecule has 0 radical (unpaired) electrons. The van der Waals surface area contributed by atoms with Crippen LogP contribution in [0, 0.1) is 11.3 Å². The quantitative estimate of drug-likeness (QED) is 0.846. The van der Waals surface area contributed by atoms with Crippen LogP contribution in [0.3, 0.4) is 0 Å². The third-order valence-electron chi connectivity index (χ3n) is 2.21. The lowest BCUT2D eigenvalue weighted by Gasteiger charge is -2.10. The standard InChI is InChI=1S/C11H8ClF2NO2/c12-4-7-1-8(5-15)6(3-10(16)17)2-9(7)11(13)14/h1-2,11H,3-4H2,(H,16,17). The van der Waals surface area contributed by atoms with E-state index in [1.807, 2.05) is 0 Å². The molecule has 0 saturated heterocycles. The molecule has 0 aliphatic rings. The molecule has 0 unspecified atom stereocenters. The maximum absolute atomic E-state index is 12.7. The molecule has 0 bridgehead atoms. The first-order valence-corrected chi connectivity index (χ1v) is 5.14. The number of carboxylic acids is 1. The summed E-state index contributed by atoms with van der Waals surface area (Å²) in [5.74, 6) is -1.33. The predicted octanol–water partition coefficient (Wildman–Crippen LogP) is 2.86. The zero-order valence-corrected chi connectivity index (χ0v) is 9.34. The molecule has 0 amide bonds. The summed E-state index contributed by atoms with van der Waals surface area (Å²) in [4.78, 5) is 10.5. The highest BCUT2D eigenvalue weighted by molar-refractivity contribution is 6.17. The fourth-order valence-electron chi connectivity index (χ4n) is 1.44. The second-order valence-corrected chi connectivity index (χ2v) is 3.59. The first kappa shape index (κ1) is 13.4. The molecule has 0 aromatic heterocycles. The summed E-state index contributed by atoms with van der Waals surface area (Å²) in [6.45, 7) is 0. The lowest BCUT2D eigenvalue weighted by molar-refractivity contribution is -0.136. The van der Waals surface area contributed by atoms with E-state index in [0.29, 0.717) is 0 Å². The van der Waals surface area contributed by atoms with Gasteiger partial charge in [0, 0.05) is 11.4 Å². The van der Waals surface area contributed by atoms with Crippen molar-refractivity contribution in [2.24, 2.45) is 0 Å². The van der Waals surface area contributed by atoms with Crippen molar-refractivity contribution in [1.29, 1.82) is 5.26 Å². The SMILES string of the molecule is N#Cc1cc(CCl)c(C(F)F)cc1CC(=O)O. The molecule has 3 nitrogen and oxygen atoms in total. The third kappa shape index (κ3) is 3.14. The maximum atomic E-state index is 12.7. The van der Waals surface area contributed by atoms with E-state index >= 15 is 0 Å². The summed E-state index contributed by atoms with van der Waals surface area (Å²) in [5.41, 5.74) is -0.0424. The van der Waals surface area contributed by atoms with Crippen LogP contribution >= 0.6 is 11.6 Å². The molecule has 1 aromatic carbocycles. The Kier molecular flexibility index (Phi) is 4.41. The highest BCUT2D eigenvalue weighted by atomic mass is 35.5. The van der Waals surface area contributed by atoms with Crippen LogP contribution in [0.25, 0.3) is 0 Å². The summed E-state index contributed by atoms with van der Waals surface area (Å²) in [6, 6.07) is 4.03. The number of hydrogen-bond donors (Lipinski definition) is 1. The zero-order valence-electron chi connectivity index (χ0n) is 8.58. The first-order chi connectivity index (χ1) is 7.99. The average molecular weight is 260 g/mol. The Hall–Kier alpha value is -1.67. The fourth-order valence-corrected chi connectivity index (χ4v) is 1.67. The molecule has 1 N–H and O–H groups in total. The number of alkyl halides is 3. The summed E-state index contributed by atoms with van der Waals surface area (Å²) in [6.07, 6.45) is -3.21. The van der Waals surface area contributed by atoms with Gasteiger partial charge in [-0.25, -0.2) is 8.78 Å². The number of nitriles is 1. The van der Waals surface area contributed by atoms with Crippen molar-refractivity contribution in [2.45, 2.75) is 18.7 Å². The normalized spacial score (nSPS) is 10.3.